The summed E-state index contributed by atoms with van der Waals surface area (Å²) >= 11 is 0. The maximum Gasteiger partial charge on any atom is 0.122 e. The fourth-order valence-corrected chi connectivity index (χ4v) is 2.38. The topological polar surface area (TPSA) is 48.4 Å². The van der Waals surface area contributed by atoms with E-state index in [4.69, 9.17) is 14.9 Å². The van der Waals surface area contributed by atoms with Crippen LogP contribution in [0, 0.1) is 20.8 Å². The normalized spacial score (nSPS) is 10.8. The van der Waals surface area contributed by atoms with E-state index in [1.165, 1.54) is 22.3 Å². The van der Waals surface area contributed by atoms with Gasteiger partial charge in [-0.2, -0.15) is 0 Å². The summed E-state index contributed by atoms with van der Waals surface area (Å²) < 4.78 is 11.1. The molecule has 2 aromatic rings. The molecule has 0 aliphatic heterocycles. The van der Waals surface area contributed by atoms with E-state index in [1.807, 2.05) is 12.1 Å². The maximum absolute atomic E-state index is 5.69. The molecular weight excluding hydrogens is 238 g/mol. The highest BCUT2D eigenvalue weighted by molar-refractivity contribution is 5.49. The van der Waals surface area contributed by atoms with Gasteiger partial charge in [0.25, 0.3) is 0 Å². The zero-order valence-electron chi connectivity index (χ0n) is 12.0. The molecule has 3 nitrogen and oxygen atoms in total. The molecule has 0 bridgehead atoms. The molecule has 0 saturated heterocycles. The summed E-state index contributed by atoms with van der Waals surface area (Å²) in [6, 6.07) is 6.03. The van der Waals surface area contributed by atoms with Crippen molar-refractivity contribution in [1.29, 1.82) is 0 Å². The predicted octanol–water partition coefficient (Wildman–Crippen LogP) is 3.26. The Hall–Kier alpha value is -1.74. The fourth-order valence-electron chi connectivity index (χ4n) is 2.38. The average Bonchev–Trinajstić information content (AvgIpc) is 2.86. The highest BCUT2D eigenvalue weighted by Crippen LogP contribution is 2.29. The molecule has 1 heterocycles. The number of ether oxygens (including phenoxy) is 1. The van der Waals surface area contributed by atoms with Gasteiger partial charge in [0.15, 0.2) is 0 Å². The van der Waals surface area contributed by atoms with Gasteiger partial charge in [-0.05, 0) is 61.2 Å². The van der Waals surface area contributed by atoms with Gasteiger partial charge < -0.3 is 14.9 Å². The van der Waals surface area contributed by atoms with Crippen LogP contribution in [-0.4, -0.2) is 7.11 Å². The number of nitrogens with two attached hydrogens (primary N) is 1. The van der Waals surface area contributed by atoms with Crippen molar-refractivity contribution in [1.82, 2.24) is 0 Å². The van der Waals surface area contributed by atoms with E-state index < -0.39 is 0 Å². The maximum atomic E-state index is 5.69. The largest absolute Gasteiger partial charge is 0.496 e. The fraction of sp³-hybridized carbons (Fsp3) is 0.375. The number of aryl methyl sites for hydroxylation is 1. The van der Waals surface area contributed by atoms with E-state index in [0.29, 0.717) is 6.54 Å². The molecule has 0 aliphatic rings. The number of hydrogen-bond donors (Lipinski definition) is 1. The lowest BCUT2D eigenvalue weighted by molar-refractivity contribution is 0.410. The second-order valence-electron chi connectivity index (χ2n) is 4.87. The highest BCUT2D eigenvalue weighted by atomic mass is 16.5. The Bertz CT molecular complexity index is 585. The Kier molecular flexibility index (Phi) is 3.96. The first-order valence-corrected chi connectivity index (χ1v) is 6.48. The summed E-state index contributed by atoms with van der Waals surface area (Å²) in [6.07, 6.45) is 0.794. The molecule has 0 fully saturated rings. The van der Waals surface area contributed by atoms with Crippen LogP contribution in [-0.2, 0) is 13.0 Å². The van der Waals surface area contributed by atoms with Crippen molar-refractivity contribution < 1.29 is 9.15 Å². The first kappa shape index (κ1) is 13.7. The molecule has 0 spiro atoms. The number of benzene rings is 1. The first-order valence-electron chi connectivity index (χ1n) is 6.48. The standard InChI is InChI=1S/C16H21NO2/c1-10-7-16(18-4)12(3)11(2)15(10)8-13-5-6-14(9-17)19-13/h5-7H,8-9,17H2,1-4H3. The van der Waals surface area contributed by atoms with Crippen LogP contribution in [0.25, 0.3) is 0 Å². The third-order valence-corrected chi connectivity index (χ3v) is 3.70. The Morgan fingerprint density at radius 1 is 1.11 bits per heavy atom. The molecule has 1 aromatic heterocycles. The predicted molar refractivity (Wildman–Crippen MR) is 76.6 cm³/mol. The van der Waals surface area contributed by atoms with Crippen molar-refractivity contribution in [2.45, 2.75) is 33.7 Å². The van der Waals surface area contributed by atoms with Gasteiger partial charge in [-0.3, -0.25) is 0 Å². The molecule has 1 aromatic carbocycles. The smallest absolute Gasteiger partial charge is 0.122 e. The van der Waals surface area contributed by atoms with Crippen molar-refractivity contribution in [2.75, 3.05) is 7.11 Å². The molecule has 0 atom stereocenters. The van der Waals surface area contributed by atoms with Crippen LogP contribution in [0.3, 0.4) is 0 Å². The highest BCUT2D eigenvalue weighted by Gasteiger charge is 2.12. The third-order valence-electron chi connectivity index (χ3n) is 3.70. The number of rotatable bonds is 4. The number of hydrogen-bond acceptors (Lipinski definition) is 3. The summed E-state index contributed by atoms with van der Waals surface area (Å²) in [7, 11) is 1.71. The lowest BCUT2D eigenvalue weighted by Crippen LogP contribution is -2.00. The van der Waals surface area contributed by atoms with Gasteiger partial charge in [-0.25, -0.2) is 0 Å². The minimum absolute atomic E-state index is 0.444. The van der Waals surface area contributed by atoms with Crippen LogP contribution in [0.4, 0.5) is 0 Å². The SMILES string of the molecule is COc1cc(C)c(Cc2ccc(CN)o2)c(C)c1C. The zero-order valence-corrected chi connectivity index (χ0v) is 12.0. The van der Waals surface area contributed by atoms with Gasteiger partial charge in [-0.1, -0.05) is 0 Å². The monoisotopic (exact) mass is 259 g/mol. The van der Waals surface area contributed by atoms with Crippen LogP contribution < -0.4 is 10.5 Å². The quantitative estimate of drug-likeness (QED) is 0.916. The average molecular weight is 259 g/mol. The lowest BCUT2D eigenvalue weighted by atomic mass is 9.94. The summed E-state index contributed by atoms with van der Waals surface area (Å²) in [6.45, 7) is 6.77. The van der Waals surface area contributed by atoms with E-state index in [-0.39, 0.29) is 0 Å². The Morgan fingerprint density at radius 2 is 1.79 bits per heavy atom. The molecular formula is C16H21NO2. The molecule has 19 heavy (non-hydrogen) atoms. The van der Waals surface area contributed by atoms with Crippen LogP contribution in [0.15, 0.2) is 22.6 Å². The summed E-state index contributed by atoms with van der Waals surface area (Å²) in [4.78, 5) is 0. The van der Waals surface area contributed by atoms with Crippen LogP contribution in [0.5, 0.6) is 5.75 Å². The van der Waals surface area contributed by atoms with Gasteiger partial charge in [0.05, 0.1) is 13.7 Å². The van der Waals surface area contributed by atoms with Gasteiger partial charge in [0, 0.05) is 6.42 Å². The summed E-state index contributed by atoms with van der Waals surface area (Å²) in [5.41, 5.74) is 10.6. The van der Waals surface area contributed by atoms with Gasteiger partial charge in [0.2, 0.25) is 0 Å². The number of furan rings is 1. The third kappa shape index (κ3) is 2.66. The van der Waals surface area contributed by atoms with E-state index in [2.05, 4.69) is 26.8 Å². The second kappa shape index (κ2) is 5.49. The molecule has 102 valence electrons. The molecule has 0 saturated carbocycles. The molecule has 0 aliphatic carbocycles. The van der Waals surface area contributed by atoms with Crippen molar-refractivity contribution in [3.05, 3.63) is 52.0 Å². The van der Waals surface area contributed by atoms with Crippen molar-refractivity contribution >= 4 is 0 Å². The van der Waals surface area contributed by atoms with Gasteiger partial charge >= 0.3 is 0 Å². The summed E-state index contributed by atoms with van der Waals surface area (Å²) in [5.74, 6) is 2.73. The Morgan fingerprint density at radius 3 is 2.37 bits per heavy atom. The van der Waals surface area contributed by atoms with E-state index in [0.717, 1.165) is 23.7 Å². The molecule has 2 rings (SSSR count). The number of methoxy groups -OCH3 is 1. The Balaban J connectivity index is 2.37. The zero-order chi connectivity index (χ0) is 14.0. The van der Waals surface area contributed by atoms with Crippen molar-refractivity contribution in [3.63, 3.8) is 0 Å². The first-order chi connectivity index (χ1) is 9.06. The molecule has 0 unspecified atom stereocenters. The van der Waals surface area contributed by atoms with E-state index >= 15 is 0 Å². The van der Waals surface area contributed by atoms with Crippen molar-refractivity contribution in [3.8, 4) is 5.75 Å². The van der Waals surface area contributed by atoms with E-state index in [9.17, 15) is 0 Å². The second-order valence-corrected chi connectivity index (χ2v) is 4.87. The van der Waals surface area contributed by atoms with Crippen LogP contribution >= 0.6 is 0 Å². The molecule has 0 amide bonds. The minimum Gasteiger partial charge on any atom is -0.496 e. The van der Waals surface area contributed by atoms with Crippen LogP contribution in [0.2, 0.25) is 0 Å². The van der Waals surface area contributed by atoms with Crippen molar-refractivity contribution in [2.24, 2.45) is 5.73 Å². The van der Waals surface area contributed by atoms with Gasteiger partial charge in [-0.15, -0.1) is 0 Å². The minimum atomic E-state index is 0.444. The van der Waals surface area contributed by atoms with E-state index in [1.54, 1.807) is 7.11 Å². The lowest BCUT2D eigenvalue weighted by Gasteiger charge is -2.15. The molecule has 0 radical (unpaired) electrons. The molecule has 2 N–H and O–H groups in total. The Labute approximate surface area is 114 Å². The van der Waals surface area contributed by atoms with Crippen LogP contribution in [0.1, 0.15) is 33.8 Å². The summed E-state index contributed by atoms with van der Waals surface area (Å²) in [5, 5.41) is 0. The molecule has 3 heteroatoms. The van der Waals surface area contributed by atoms with Gasteiger partial charge in [0.1, 0.15) is 17.3 Å².